The fourth-order valence-corrected chi connectivity index (χ4v) is 4.08. The highest BCUT2D eigenvalue weighted by molar-refractivity contribution is 4.95. The Bertz CT molecular complexity index is 621. The SMILES string of the molecule is CO[C@@H]1O[C@@H](C)[C@H](O)[C@@H](O)[C@H]1O[C@@H]1O[C@@H](C)[C@H](O)[C@@H](O)[C@H]1O[C@@H]1O[C@@H](CO)[C@H](O)[C@@H](O)[C@H]1O. The van der Waals surface area contributed by atoms with Crippen LogP contribution >= 0.6 is 0 Å². The maximum Gasteiger partial charge on any atom is 0.187 e. The lowest BCUT2D eigenvalue weighted by Crippen LogP contribution is -2.66. The highest BCUT2D eigenvalue weighted by atomic mass is 16.8. The van der Waals surface area contributed by atoms with E-state index in [0.717, 1.165) is 0 Å². The van der Waals surface area contributed by atoms with Gasteiger partial charge in [-0.1, -0.05) is 0 Å². The van der Waals surface area contributed by atoms with Gasteiger partial charge in [0.05, 0.1) is 18.8 Å². The molecule has 0 radical (unpaired) electrons. The van der Waals surface area contributed by atoms with Crippen LogP contribution in [0.2, 0.25) is 0 Å². The molecule has 0 unspecified atom stereocenters. The van der Waals surface area contributed by atoms with Gasteiger partial charge in [0.25, 0.3) is 0 Å². The first-order chi connectivity index (χ1) is 15.5. The van der Waals surface area contributed by atoms with Crippen LogP contribution in [0, 0.1) is 0 Å². The molecule has 0 spiro atoms. The number of methoxy groups -OCH3 is 1. The predicted molar refractivity (Wildman–Crippen MR) is 103 cm³/mol. The molecular weight excluding hydrogens is 452 g/mol. The van der Waals surface area contributed by atoms with E-state index < -0.39 is 98.7 Å². The van der Waals surface area contributed by atoms with E-state index in [0.29, 0.717) is 0 Å². The highest BCUT2D eigenvalue weighted by Crippen LogP contribution is 2.32. The lowest BCUT2D eigenvalue weighted by Gasteiger charge is -2.48. The van der Waals surface area contributed by atoms with Crippen molar-refractivity contribution in [3.05, 3.63) is 0 Å². The third kappa shape index (κ3) is 5.34. The molecule has 33 heavy (non-hydrogen) atoms. The largest absolute Gasteiger partial charge is 0.394 e. The molecule has 3 rings (SSSR count). The molecule has 0 saturated carbocycles. The second kappa shape index (κ2) is 11.0. The Labute approximate surface area is 189 Å². The minimum atomic E-state index is -1.79. The highest BCUT2D eigenvalue weighted by Gasteiger charge is 2.53. The molecular formula is C19H34O14. The standard InChI is InChI=1S/C19H34O14/c1-5-8(21)12(25)15(18(28-3)29-5)33-19-16(13(26)9(22)6(2)30-19)32-17-14(27)11(24)10(23)7(4-20)31-17/h5-27H,4H2,1-3H3/t5-,6-,7-,8-,9-,10-,11+,12+,13+,14+,15+,16+,17-,18+,19-/m0/s1. The first-order valence-corrected chi connectivity index (χ1v) is 10.7. The van der Waals surface area contributed by atoms with Crippen molar-refractivity contribution in [2.45, 2.75) is 106 Å². The van der Waals surface area contributed by atoms with Crippen LogP contribution in [-0.2, 0) is 28.4 Å². The fourth-order valence-electron chi connectivity index (χ4n) is 4.08. The molecule has 194 valence electrons. The Morgan fingerprint density at radius 1 is 0.576 bits per heavy atom. The van der Waals surface area contributed by atoms with Crippen molar-refractivity contribution in [2.75, 3.05) is 13.7 Å². The van der Waals surface area contributed by atoms with Crippen LogP contribution < -0.4 is 0 Å². The summed E-state index contributed by atoms with van der Waals surface area (Å²) in [5, 5.41) is 81.2. The van der Waals surface area contributed by atoms with Crippen LogP contribution in [0.4, 0.5) is 0 Å². The quantitative estimate of drug-likeness (QED) is 0.177. The van der Waals surface area contributed by atoms with E-state index in [9.17, 15) is 40.9 Å². The smallest absolute Gasteiger partial charge is 0.187 e. The molecule has 0 amide bonds. The normalized spacial score (nSPS) is 53.7. The van der Waals surface area contributed by atoms with E-state index in [-0.39, 0.29) is 0 Å². The average Bonchev–Trinajstić information content (AvgIpc) is 2.79. The van der Waals surface area contributed by atoms with Gasteiger partial charge in [-0.05, 0) is 13.8 Å². The molecule has 3 heterocycles. The monoisotopic (exact) mass is 486 g/mol. The number of aliphatic hydroxyl groups is 8. The summed E-state index contributed by atoms with van der Waals surface area (Å²) in [5.41, 5.74) is 0. The first-order valence-electron chi connectivity index (χ1n) is 10.7. The fraction of sp³-hybridized carbons (Fsp3) is 1.00. The maximum atomic E-state index is 10.6. The van der Waals surface area contributed by atoms with E-state index in [1.165, 1.54) is 21.0 Å². The van der Waals surface area contributed by atoms with E-state index in [2.05, 4.69) is 0 Å². The molecule has 3 saturated heterocycles. The molecule has 3 aliphatic heterocycles. The van der Waals surface area contributed by atoms with Gasteiger partial charge in [0, 0.05) is 7.11 Å². The number of hydrogen-bond donors (Lipinski definition) is 8. The summed E-state index contributed by atoms with van der Waals surface area (Å²) in [6, 6.07) is 0. The Balaban J connectivity index is 1.81. The summed E-state index contributed by atoms with van der Waals surface area (Å²) in [6.45, 7) is 2.28. The Morgan fingerprint density at radius 2 is 1.06 bits per heavy atom. The summed E-state index contributed by atoms with van der Waals surface area (Å²) in [6.07, 6.45) is -21.2. The van der Waals surface area contributed by atoms with Gasteiger partial charge in [-0.15, -0.1) is 0 Å². The zero-order chi connectivity index (χ0) is 24.6. The van der Waals surface area contributed by atoms with Crippen molar-refractivity contribution in [1.29, 1.82) is 0 Å². The van der Waals surface area contributed by atoms with Crippen LogP contribution in [0.5, 0.6) is 0 Å². The van der Waals surface area contributed by atoms with Crippen molar-refractivity contribution in [1.82, 2.24) is 0 Å². The van der Waals surface area contributed by atoms with Gasteiger partial charge in [0.2, 0.25) is 0 Å². The number of rotatable bonds is 6. The number of ether oxygens (including phenoxy) is 6. The van der Waals surface area contributed by atoms with Crippen molar-refractivity contribution >= 4 is 0 Å². The van der Waals surface area contributed by atoms with Crippen molar-refractivity contribution < 1.29 is 69.3 Å². The lowest BCUT2D eigenvalue weighted by atomic mass is 9.97. The van der Waals surface area contributed by atoms with Crippen molar-refractivity contribution in [2.24, 2.45) is 0 Å². The van der Waals surface area contributed by atoms with Gasteiger partial charge in [-0.3, -0.25) is 0 Å². The maximum absolute atomic E-state index is 10.6. The van der Waals surface area contributed by atoms with Crippen LogP contribution in [0.25, 0.3) is 0 Å². The Kier molecular flexibility index (Phi) is 9.02. The van der Waals surface area contributed by atoms with Crippen LogP contribution in [-0.4, -0.2) is 147 Å². The zero-order valence-electron chi connectivity index (χ0n) is 18.4. The average molecular weight is 486 g/mol. The Hall–Kier alpha value is -0.560. The zero-order valence-corrected chi connectivity index (χ0v) is 18.4. The van der Waals surface area contributed by atoms with Gasteiger partial charge in [-0.2, -0.15) is 0 Å². The second-order valence-corrected chi connectivity index (χ2v) is 8.52. The summed E-state index contributed by atoms with van der Waals surface area (Å²) >= 11 is 0. The van der Waals surface area contributed by atoms with E-state index >= 15 is 0 Å². The lowest BCUT2D eigenvalue weighted by molar-refractivity contribution is -0.388. The van der Waals surface area contributed by atoms with E-state index in [1.807, 2.05) is 0 Å². The molecule has 0 aliphatic carbocycles. The van der Waals surface area contributed by atoms with Crippen LogP contribution in [0.1, 0.15) is 13.8 Å². The topological polar surface area (TPSA) is 217 Å². The molecule has 0 aromatic heterocycles. The molecule has 3 fully saturated rings. The van der Waals surface area contributed by atoms with E-state index in [1.54, 1.807) is 0 Å². The minimum absolute atomic E-state index is 0.703. The van der Waals surface area contributed by atoms with Crippen LogP contribution in [0.3, 0.4) is 0 Å². The number of aliphatic hydroxyl groups excluding tert-OH is 8. The van der Waals surface area contributed by atoms with Gasteiger partial charge in [0.15, 0.2) is 18.9 Å². The van der Waals surface area contributed by atoms with E-state index in [4.69, 9.17) is 28.4 Å². The van der Waals surface area contributed by atoms with Crippen LogP contribution in [0.15, 0.2) is 0 Å². The number of hydrogen-bond acceptors (Lipinski definition) is 14. The van der Waals surface area contributed by atoms with Crippen molar-refractivity contribution in [3.8, 4) is 0 Å². The third-order valence-electron chi connectivity index (χ3n) is 6.23. The van der Waals surface area contributed by atoms with Gasteiger partial charge < -0.3 is 69.3 Å². The van der Waals surface area contributed by atoms with Gasteiger partial charge in [-0.25, -0.2) is 0 Å². The second-order valence-electron chi connectivity index (χ2n) is 8.52. The first kappa shape index (κ1) is 27.0. The molecule has 0 aromatic carbocycles. The molecule has 8 N–H and O–H groups in total. The summed E-state index contributed by atoms with van der Waals surface area (Å²) < 4.78 is 32.9. The van der Waals surface area contributed by atoms with Gasteiger partial charge >= 0.3 is 0 Å². The van der Waals surface area contributed by atoms with Crippen molar-refractivity contribution in [3.63, 3.8) is 0 Å². The molecule has 0 aromatic rings. The molecule has 0 bridgehead atoms. The summed E-state index contributed by atoms with van der Waals surface area (Å²) in [7, 11) is 1.29. The van der Waals surface area contributed by atoms with Gasteiger partial charge in [0.1, 0.15) is 61.0 Å². The molecule has 15 atom stereocenters. The molecule has 14 heteroatoms. The molecule has 14 nitrogen and oxygen atoms in total. The summed E-state index contributed by atoms with van der Waals surface area (Å²) in [4.78, 5) is 0. The Morgan fingerprint density at radius 3 is 1.58 bits per heavy atom. The third-order valence-corrected chi connectivity index (χ3v) is 6.23. The molecule has 3 aliphatic rings. The minimum Gasteiger partial charge on any atom is -0.394 e. The predicted octanol–water partition coefficient (Wildman–Crippen LogP) is -4.86. The summed E-state index contributed by atoms with van der Waals surface area (Å²) in [5.74, 6) is 0.